The number of para-hydroxylation sites is 1. The van der Waals surface area contributed by atoms with Gasteiger partial charge in [0.1, 0.15) is 5.75 Å². The molecule has 2 N–H and O–H groups in total. The van der Waals surface area contributed by atoms with E-state index in [2.05, 4.69) is 4.84 Å². The third kappa shape index (κ3) is 1.75. The molecule has 1 rings (SSSR count). The standard InChI is InChI=1S/C9H13NO2/c1-7-4-3-5-8(6-12-10)9(7)11-2/h3-5H,6,10H2,1-2H3. The Kier molecular flexibility index (Phi) is 3.08. The Morgan fingerprint density at radius 1 is 1.42 bits per heavy atom. The van der Waals surface area contributed by atoms with Crippen molar-refractivity contribution in [2.24, 2.45) is 5.90 Å². The molecule has 0 radical (unpaired) electrons. The van der Waals surface area contributed by atoms with Gasteiger partial charge in [-0.3, -0.25) is 4.84 Å². The van der Waals surface area contributed by atoms with E-state index in [9.17, 15) is 0 Å². The van der Waals surface area contributed by atoms with Crippen molar-refractivity contribution in [2.75, 3.05) is 7.11 Å². The summed E-state index contributed by atoms with van der Waals surface area (Å²) in [5.41, 5.74) is 2.06. The Morgan fingerprint density at radius 3 is 2.75 bits per heavy atom. The van der Waals surface area contributed by atoms with Crippen LogP contribution >= 0.6 is 0 Å². The summed E-state index contributed by atoms with van der Waals surface area (Å²) in [7, 11) is 1.64. The van der Waals surface area contributed by atoms with E-state index >= 15 is 0 Å². The van der Waals surface area contributed by atoms with Gasteiger partial charge in [-0.15, -0.1) is 0 Å². The summed E-state index contributed by atoms with van der Waals surface area (Å²) in [4.78, 5) is 4.55. The molecule has 0 amide bonds. The predicted molar refractivity (Wildman–Crippen MR) is 46.7 cm³/mol. The molecular formula is C9H13NO2. The maximum atomic E-state index is 5.19. The van der Waals surface area contributed by atoms with E-state index in [0.29, 0.717) is 6.61 Å². The van der Waals surface area contributed by atoms with Crippen molar-refractivity contribution in [2.45, 2.75) is 13.5 Å². The highest BCUT2D eigenvalue weighted by atomic mass is 16.6. The first-order valence-electron chi connectivity index (χ1n) is 3.73. The van der Waals surface area contributed by atoms with E-state index in [0.717, 1.165) is 16.9 Å². The Morgan fingerprint density at radius 2 is 2.17 bits per heavy atom. The van der Waals surface area contributed by atoms with Gasteiger partial charge >= 0.3 is 0 Å². The molecule has 66 valence electrons. The van der Waals surface area contributed by atoms with Crippen LogP contribution in [-0.2, 0) is 11.4 Å². The van der Waals surface area contributed by atoms with Gasteiger partial charge in [0, 0.05) is 5.56 Å². The molecule has 12 heavy (non-hydrogen) atoms. The highest BCUT2D eigenvalue weighted by Crippen LogP contribution is 2.22. The van der Waals surface area contributed by atoms with Crippen molar-refractivity contribution in [3.63, 3.8) is 0 Å². The number of hydrogen-bond donors (Lipinski definition) is 1. The molecule has 0 spiro atoms. The van der Waals surface area contributed by atoms with Crippen LogP contribution in [-0.4, -0.2) is 7.11 Å². The zero-order valence-corrected chi connectivity index (χ0v) is 7.33. The van der Waals surface area contributed by atoms with Crippen LogP contribution in [0.1, 0.15) is 11.1 Å². The lowest BCUT2D eigenvalue weighted by atomic mass is 10.1. The molecule has 0 heterocycles. The van der Waals surface area contributed by atoms with Crippen molar-refractivity contribution in [1.29, 1.82) is 0 Å². The number of rotatable bonds is 3. The van der Waals surface area contributed by atoms with E-state index in [1.165, 1.54) is 0 Å². The van der Waals surface area contributed by atoms with E-state index < -0.39 is 0 Å². The number of aryl methyl sites for hydroxylation is 1. The molecule has 0 saturated carbocycles. The molecule has 0 fully saturated rings. The summed E-state index contributed by atoms with van der Waals surface area (Å²) < 4.78 is 5.19. The monoisotopic (exact) mass is 167 g/mol. The number of hydrogen-bond acceptors (Lipinski definition) is 3. The molecular weight excluding hydrogens is 154 g/mol. The first kappa shape index (κ1) is 9.03. The average Bonchev–Trinajstić information content (AvgIpc) is 2.05. The molecule has 0 atom stereocenters. The normalized spacial score (nSPS) is 9.92. The second kappa shape index (κ2) is 4.09. The molecule has 3 heteroatoms. The fraction of sp³-hybridized carbons (Fsp3) is 0.333. The van der Waals surface area contributed by atoms with Crippen LogP contribution in [0.4, 0.5) is 0 Å². The summed E-state index contributed by atoms with van der Waals surface area (Å²) in [6.45, 7) is 2.36. The Balaban J connectivity index is 3.00. The minimum absolute atomic E-state index is 0.380. The molecule has 0 saturated heterocycles. The van der Waals surface area contributed by atoms with Crippen LogP contribution in [0.5, 0.6) is 5.75 Å². The van der Waals surface area contributed by atoms with Gasteiger partial charge in [0.25, 0.3) is 0 Å². The molecule has 0 aromatic heterocycles. The van der Waals surface area contributed by atoms with E-state index in [4.69, 9.17) is 10.6 Å². The van der Waals surface area contributed by atoms with Crippen LogP contribution in [0.3, 0.4) is 0 Å². The summed E-state index contributed by atoms with van der Waals surface area (Å²) in [6.07, 6.45) is 0. The zero-order chi connectivity index (χ0) is 8.97. The van der Waals surface area contributed by atoms with Crippen molar-refractivity contribution in [3.8, 4) is 5.75 Å². The topological polar surface area (TPSA) is 44.5 Å². The molecule has 0 aliphatic rings. The van der Waals surface area contributed by atoms with Gasteiger partial charge in [0.2, 0.25) is 0 Å². The number of methoxy groups -OCH3 is 1. The number of ether oxygens (including phenoxy) is 1. The second-order valence-corrected chi connectivity index (χ2v) is 2.58. The first-order chi connectivity index (χ1) is 5.79. The second-order valence-electron chi connectivity index (χ2n) is 2.58. The zero-order valence-electron chi connectivity index (χ0n) is 7.33. The van der Waals surface area contributed by atoms with Gasteiger partial charge in [-0.1, -0.05) is 18.2 Å². The molecule has 1 aromatic rings. The third-order valence-electron chi connectivity index (χ3n) is 1.74. The highest BCUT2D eigenvalue weighted by Gasteiger charge is 2.04. The minimum Gasteiger partial charge on any atom is -0.496 e. The predicted octanol–water partition coefficient (Wildman–Crippen LogP) is 1.39. The van der Waals surface area contributed by atoms with Gasteiger partial charge < -0.3 is 4.74 Å². The summed E-state index contributed by atoms with van der Waals surface area (Å²) >= 11 is 0. The first-order valence-corrected chi connectivity index (χ1v) is 3.73. The largest absolute Gasteiger partial charge is 0.496 e. The lowest BCUT2D eigenvalue weighted by Gasteiger charge is -2.09. The third-order valence-corrected chi connectivity index (χ3v) is 1.74. The highest BCUT2D eigenvalue weighted by molar-refractivity contribution is 5.40. The molecule has 1 aromatic carbocycles. The fourth-order valence-corrected chi connectivity index (χ4v) is 1.21. The Labute approximate surface area is 72.0 Å². The molecule has 0 aliphatic carbocycles. The van der Waals surface area contributed by atoms with Gasteiger partial charge in [0.05, 0.1) is 13.7 Å². The van der Waals surface area contributed by atoms with E-state index in [1.807, 2.05) is 25.1 Å². The summed E-state index contributed by atoms with van der Waals surface area (Å²) in [5, 5.41) is 0. The van der Waals surface area contributed by atoms with Gasteiger partial charge in [-0.2, -0.15) is 0 Å². The van der Waals surface area contributed by atoms with Crippen LogP contribution in [0.25, 0.3) is 0 Å². The molecule has 0 bridgehead atoms. The SMILES string of the molecule is COc1c(C)cccc1CON. The lowest BCUT2D eigenvalue weighted by Crippen LogP contribution is -2.01. The van der Waals surface area contributed by atoms with Crippen molar-refractivity contribution in [3.05, 3.63) is 29.3 Å². The number of benzene rings is 1. The van der Waals surface area contributed by atoms with Crippen molar-refractivity contribution >= 4 is 0 Å². The average molecular weight is 167 g/mol. The maximum absolute atomic E-state index is 5.19. The molecule has 3 nitrogen and oxygen atoms in total. The summed E-state index contributed by atoms with van der Waals surface area (Å²) in [6, 6.07) is 5.86. The number of nitrogens with two attached hydrogens (primary N) is 1. The quantitative estimate of drug-likeness (QED) is 0.692. The van der Waals surface area contributed by atoms with Crippen molar-refractivity contribution in [1.82, 2.24) is 0 Å². The van der Waals surface area contributed by atoms with E-state index in [-0.39, 0.29) is 0 Å². The van der Waals surface area contributed by atoms with Gasteiger partial charge in [-0.25, -0.2) is 5.90 Å². The van der Waals surface area contributed by atoms with Crippen LogP contribution in [0.15, 0.2) is 18.2 Å². The van der Waals surface area contributed by atoms with Crippen molar-refractivity contribution < 1.29 is 9.57 Å². The fourth-order valence-electron chi connectivity index (χ4n) is 1.21. The van der Waals surface area contributed by atoms with Crippen LogP contribution in [0, 0.1) is 6.92 Å². The van der Waals surface area contributed by atoms with Crippen LogP contribution < -0.4 is 10.6 Å². The van der Waals surface area contributed by atoms with E-state index in [1.54, 1.807) is 7.11 Å². The van der Waals surface area contributed by atoms with Gasteiger partial charge in [0.15, 0.2) is 0 Å². The maximum Gasteiger partial charge on any atom is 0.127 e. The van der Waals surface area contributed by atoms with Crippen LogP contribution in [0.2, 0.25) is 0 Å². The smallest absolute Gasteiger partial charge is 0.127 e. The molecule has 0 aliphatic heterocycles. The molecule has 0 unspecified atom stereocenters. The minimum atomic E-state index is 0.380. The Bertz CT molecular complexity index is 261. The van der Waals surface area contributed by atoms with Gasteiger partial charge in [-0.05, 0) is 12.5 Å². The lowest BCUT2D eigenvalue weighted by molar-refractivity contribution is 0.122. The Hall–Kier alpha value is -1.06. The summed E-state index contributed by atoms with van der Waals surface area (Å²) in [5.74, 6) is 5.83.